The molecule has 5 nitrogen and oxygen atoms in total. The summed E-state index contributed by atoms with van der Waals surface area (Å²) in [7, 11) is 2.20. The lowest BCUT2D eigenvalue weighted by molar-refractivity contribution is -0.0310. The van der Waals surface area contributed by atoms with Gasteiger partial charge in [-0.1, -0.05) is 45.0 Å². The highest BCUT2D eigenvalue weighted by molar-refractivity contribution is 7.97. The van der Waals surface area contributed by atoms with Gasteiger partial charge < -0.3 is 14.5 Å². The molecule has 0 radical (unpaired) electrons. The molecular weight excluding hydrogens is 464 g/mol. The summed E-state index contributed by atoms with van der Waals surface area (Å²) in [6.07, 6.45) is 0. The van der Waals surface area contributed by atoms with Crippen LogP contribution in [0.3, 0.4) is 0 Å². The number of hydrogen-bond acceptors (Lipinski definition) is 6. The Morgan fingerprint density at radius 3 is 2.14 bits per heavy atom. The van der Waals surface area contributed by atoms with E-state index in [0.717, 1.165) is 65.5 Å². The molecule has 198 valence electrons. The van der Waals surface area contributed by atoms with Crippen LogP contribution in [-0.2, 0) is 15.8 Å². The molecule has 2 heterocycles. The van der Waals surface area contributed by atoms with Crippen LogP contribution in [0.5, 0.6) is 0 Å². The monoisotopic (exact) mass is 510 g/mol. The molecule has 0 unspecified atom stereocenters. The fourth-order valence-electron chi connectivity index (χ4n) is 4.87. The second-order valence-corrected chi connectivity index (χ2v) is 13.0. The Morgan fingerprint density at radius 2 is 1.44 bits per heavy atom. The molecule has 2 aromatic carbocycles. The van der Waals surface area contributed by atoms with Crippen molar-refractivity contribution in [3.05, 3.63) is 59.7 Å². The van der Waals surface area contributed by atoms with Crippen molar-refractivity contribution in [1.29, 1.82) is 0 Å². The van der Waals surface area contributed by atoms with Gasteiger partial charge in [0.2, 0.25) is 0 Å². The van der Waals surface area contributed by atoms with Gasteiger partial charge in [0, 0.05) is 69.5 Å². The van der Waals surface area contributed by atoms with E-state index in [1.54, 1.807) is 0 Å². The molecule has 0 atom stereocenters. The zero-order valence-electron chi connectivity index (χ0n) is 23.3. The third kappa shape index (κ3) is 7.48. The van der Waals surface area contributed by atoms with Gasteiger partial charge in [0.15, 0.2) is 0 Å². The van der Waals surface area contributed by atoms with Gasteiger partial charge in [-0.2, -0.15) is 0 Å². The number of likely N-dealkylation sites (N-methyl/N-ethyl adjacent to an activating group) is 1. The van der Waals surface area contributed by atoms with Crippen molar-refractivity contribution < 1.29 is 4.74 Å². The van der Waals surface area contributed by atoms with E-state index in [4.69, 9.17) is 4.74 Å². The SMILES string of the molecule is CN1CCN(Sc2cccc(C(C)(C)OCCN3CCN(c4cccc(C(C)(C)C)c4)CC3)c2)CC1. The van der Waals surface area contributed by atoms with Crippen LogP contribution in [0, 0.1) is 0 Å². The van der Waals surface area contributed by atoms with Gasteiger partial charge in [-0.05, 0) is 73.7 Å². The molecule has 4 rings (SSSR count). The van der Waals surface area contributed by atoms with Gasteiger partial charge in [0.1, 0.15) is 0 Å². The molecule has 0 N–H and O–H groups in total. The second kappa shape index (κ2) is 11.9. The van der Waals surface area contributed by atoms with Crippen molar-refractivity contribution >= 4 is 17.6 Å². The van der Waals surface area contributed by atoms with Crippen LogP contribution in [0.25, 0.3) is 0 Å². The van der Waals surface area contributed by atoms with E-state index in [9.17, 15) is 0 Å². The quantitative estimate of drug-likeness (QED) is 0.446. The molecule has 2 saturated heterocycles. The summed E-state index contributed by atoms with van der Waals surface area (Å²) in [6, 6.07) is 18.0. The minimum Gasteiger partial charge on any atom is -0.370 e. The zero-order chi connectivity index (χ0) is 25.8. The lowest BCUT2D eigenvalue weighted by Crippen LogP contribution is -2.47. The van der Waals surface area contributed by atoms with Crippen molar-refractivity contribution in [3.63, 3.8) is 0 Å². The van der Waals surface area contributed by atoms with Crippen molar-refractivity contribution in [3.8, 4) is 0 Å². The number of anilines is 1. The highest BCUT2D eigenvalue weighted by Gasteiger charge is 2.24. The molecule has 2 aromatic rings. The number of hydrogen-bond donors (Lipinski definition) is 0. The lowest BCUT2D eigenvalue weighted by atomic mass is 9.87. The summed E-state index contributed by atoms with van der Waals surface area (Å²) in [5.74, 6) is 0. The predicted octanol–water partition coefficient (Wildman–Crippen LogP) is 5.31. The van der Waals surface area contributed by atoms with E-state index < -0.39 is 0 Å². The Morgan fingerprint density at radius 1 is 0.778 bits per heavy atom. The maximum Gasteiger partial charge on any atom is 0.0876 e. The minimum absolute atomic E-state index is 0.185. The van der Waals surface area contributed by atoms with E-state index in [2.05, 4.69) is 109 Å². The summed E-state index contributed by atoms with van der Waals surface area (Å²) < 4.78 is 8.94. The van der Waals surface area contributed by atoms with Gasteiger partial charge >= 0.3 is 0 Å². The first-order valence-electron chi connectivity index (χ1n) is 13.5. The van der Waals surface area contributed by atoms with E-state index >= 15 is 0 Å². The van der Waals surface area contributed by atoms with Gasteiger partial charge in [0.25, 0.3) is 0 Å². The molecule has 2 aliphatic heterocycles. The van der Waals surface area contributed by atoms with Crippen LogP contribution < -0.4 is 4.90 Å². The Hall–Kier alpha value is -1.57. The molecule has 0 spiro atoms. The normalized spacial score (nSPS) is 19.1. The van der Waals surface area contributed by atoms with Crippen LogP contribution in [0.1, 0.15) is 45.7 Å². The number of piperazine rings is 2. The van der Waals surface area contributed by atoms with Crippen molar-refractivity contribution in [2.24, 2.45) is 0 Å². The molecule has 0 aliphatic carbocycles. The first-order valence-corrected chi connectivity index (χ1v) is 14.3. The standard InChI is InChI=1S/C30H46N4OS/c1-29(2,3)25-9-7-11-27(23-25)33-17-15-32(16-18-33)21-22-35-30(4,5)26-10-8-12-28(24-26)36-34-19-13-31(6)14-20-34/h7-12,23-24H,13-22H2,1-6H3. The topological polar surface area (TPSA) is 22.2 Å². The van der Waals surface area contributed by atoms with Gasteiger partial charge in [0.05, 0.1) is 12.2 Å². The largest absolute Gasteiger partial charge is 0.370 e. The van der Waals surface area contributed by atoms with E-state index in [1.165, 1.54) is 21.7 Å². The van der Waals surface area contributed by atoms with Crippen molar-refractivity contribution in [1.82, 2.24) is 14.1 Å². The van der Waals surface area contributed by atoms with Crippen molar-refractivity contribution in [2.75, 3.05) is 77.5 Å². The molecule has 0 saturated carbocycles. The fraction of sp³-hybridized carbons (Fsp3) is 0.600. The summed E-state index contributed by atoms with van der Waals surface area (Å²) in [5.41, 5.74) is 3.90. The molecule has 0 amide bonds. The summed E-state index contributed by atoms with van der Waals surface area (Å²) in [5, 5.41) is 0. The maximum absolute atomic E-state index is 6.46. The number of ether oxygens (including phenoxy) is 1. The van der Waals surface area contributed by atoms with E-state index in [-0.39, 0.29) is 11.0 Å². The third-order valence-electron chi connectivity index (χ3n) is 7.55. The molecule has 0 aromatic heterocycles. The van der Waals surface area contributed by atoms with Crippen LogP contribution in [0.4, 0.5) is 5.69 Å². The first kappa shape index (κ1) is 27.5. The van der Waals surface area contributed by atoms with Gasteiger partial charge in [-0.15, -0.1) is 0 Å². The maximum atomic E-state index is 6.46. The van der Waals surface area contributed by atoms with Crippen LogP contribution in [0.2, 0.25) is 0 Å². The third-order valence-corrected chi connectivity index (χ3v) is 8.63. The van der Waals surface area contributed by atoms with E-state index in [1.807, 2.05) is 11.9 Å². The average molecular weight is 511 g/mol. The first-order chi connectivity index (χ1) is 17.1. The highest BCUT2D eigenvalue weighted by atomic mass is 32.2. The predicted molar refractivity (Wildman–Crippen MR) is 154 cm³/mol. The van der Waals surface area contributed by atoms with Gasteiger partial charge in [-0.25, -0.2) is 4.31 Å². The Balaban J connectivity index is 1.24. The molecule has 2 fully saturated rings. The van der Waals surface area contributed by atoms with Crippen LogP contribution in [0.15, 0.2) is 53.4 Å². The molecule has 2 aliphatic rings. The molecular formula is C30H46N4OS. The zero-order valence-corrected chi connectivity index (χ0v) is 24.1. The molecule has 6 heteroatoms. The number of benzene rings is 2. The smallest absolute Gasteiger partial charge is 0.0876 e. The fourth-order valence-corrected chi connectivity index (χ4v) is 5.83. The summed E-state index contributed by atoms with van der Waals surface area (Å²) >= 11 is 1.88. The van der Waals surface area contributed by atoms with Crippen LogP contribution in [-0.4, -0.2) is 86.7 Å². The van der Waals surface area contributed by atoms with Crippen LogP contribution >= 0.6 is 11.9 Å². The molecule has 0 bridgehead atoms. The number of nitrogens with zero attached hydrogens (tertiary/aromatic N) is 4. The van der Waals surface area contributed by atoms with E-state index in [0.29, 0.717) is 0 Å². The number of rotatable bonds is 8. The highest BCUT2D eigenvalue weighted by Crippen LogP contribution is 2.31. The Kier molecular flexibility index (Phi) is 9.05. The Labute approximate surface area is 223 Å². The molecule has 36 heavy (non-hydrogen) atoms. The van der Waals surface area contributed by atoms with Crippen molar-refractivity contribution in [2.45, 2.75) is 50.5 Å². The minimum atomic E-state index is -0.298. The summed E-state index contributed by atoms with van der Waals surface area (Å²) in [6.45, 7) is 21.8. The summed E-state index contributed by atoms with van der Waals surface area (Å²) in [4.78, 5) is 8.77. The average Bonchev–Trinajstić information content (AvgIpc) is 2.86. The second-order valence-electron chi connectivity index (χ2n) is 11.8. The lowest BCUT2D eigenvalue weighted by Gasteiger charge is -2.37. The van der Waals surface area contributed by atoms with Gasteiger partial charge in [-0.3, -0.25) is 4.90 Å². The Bertz CT molecular complexity index is 973.